The number of rotatable bonds is 6. The molecule has 6 nitrogen and oxygen atoms in total. The van der Waals surface area contributed by atoms with Crippen LogP contribution in [0.4, 0.5) is 0 Å². The molecule has 0 saturated carbocycles. The van der Waals surface area contributed by atoms with Crippen molar-refractivity contribution in [2.45, 2.75) is 19.3 Å². The smallest absolute Gasteiger partial charge is 0.114 e. The van der Waals surface area contributed by atoms with Crippen LogP contribution >= 0.6 is 0 Å². The number of hydrogen-bond acceptors (Lipinski definition) is 5. The van der Waals surface area contributed by atoms with E-state index in [9.17, 15) is 0 Å². The first-order chi connectivity index (χ1) is 17.6. The molecule has 3 aromatic heterocycles. The van der Waals surface area contributed by atoms with Crippen molar-refractivity contribution in [2.75, 3.05) is 20.6 Å². The minimum absolute atomic E-state index is 0.395. The molecule has 0 bridgehead atoms. The quantitative estimate of drug-likeness (QED) is 0.329. The van der Waals surface area contributed by atoms with Gasteiger partial charge in [-0.1, -0.05) is 24.0 Å². The van der Waals surface area contributed by atoms with Crippen molar-refractivity contribution >= 4 is 21.9 Å². The third kappa shape index (κ3) is 4.95. The lowest BCUT2D eigenvalue weighted by Crippen LogP contribution is -2.14. The molecule has 5 rings (SSSR count). The first-order valence-electron chi connectivity index (χ1n) is 12.0. The van der Waals surface area contributed by atoms with Crippen LogP contribution in [-0.4, -0.2) is 45.1 Å². The number of nitrogens with zero attached hydrogens (tertiary/aromatic N) is 6. The van der Waals surface area contributed by atoms with Gasteiger partial charge in [-0.25, -0.2) is 4.98 Å². The van der Waals surface area contributed by atoms with Crippen LogP contribution in [0.25, 0.3) is 27.6 Å². The zero-order chi connectivity index (χ0) is 24.9. The Morgan fingerprint density at radius 3 is 2.53 bits per heavy atom. The monoisotopic (exact) mass is 470 g/mol. The summed E-state index contributed by atoms with van der Waals surface area (Å²) in [5, 5.41) is 10.1. The largest absolute Gasteiger partial charge is 0.309 e. The molecule has 6 heteroatoms. The summed E-state index contributed by atoms with van der Waals surface area (Å²) in [5.74, 6) is 7.46. The number of nitriles is 1. The van der Waals surface area contributed by atoms with E-state index in [0.29, 0.717) is 6.42 Å². The summed E-state index contributed by atoms with van der Waals surface area (Å²) in [6.07, 6.45) is 7.60. The van der Waals surface area contributed by atoms with E-state index in [1.807, 2.05) is 42.6 Å². The van der Waals surface area contributed by atoms with Gasteiger partial charge in [0.1, 0.15) is 11.3 Å². The highest BCUT2D eigenvalue weighted by Gasteiger charge is 2.16. The number of hydrogen-bond donors (Lipinski definition) is 0. The molecular weight excluding hydrogens is 444 g/mol. The van der Waals surface area contributed by atoms with E-state index in [2.05, 4.69) is 69.6 Å². The SMILES string of the molecule is CN(C)CCCc1nc2cnc3ccc(C#Cc4cccnc4)cc3c2n1-c1ccc(CC#N)cc1. The van der Waals surface area contributed by atoms with Gasteiger partial charge in [-0.15, -0.1) is 0 Å². The zero-order valence-electron chi connectivity index (χ0n) is 20.4. The Labute approximate surface area is 210 Å². The summed E-state index contributed by atoms with van der Waals surface area (Å²) in [7, 11) is 4.17. The van der Waals surface area contributed by atoms with Crippen LogP contribution in [0.3, 0.4) is 0 Å². The van der Waals surface area contributed by atoms with Crippen LogP contribution in [0.1, 0.15) is 28.9 Å². The van der Waals surface area contributed by atoms with Gasteiger partial charge in [-0.3, -0.25) is 14.5 Å². The van der Waals surface area contributed by atoms with E-state index >= 15 is 0 Å². The van der Waals surface area contributed by atoms with Crippen molar-refractivity contribution in [3.63, 3.8) is 0 Å². The Balaban J connectivity index is 1.66. The Morgan fingerprint density at radius 2 is 1.78 bits per heavy atom. The Morgan fingerprint density at radius 1 is 0.944 bits per heavy atom. The van der Waals surface area contributed by atoms with Crippen LogP contribution in [-0.2, 0) is 12.8 Å². The van der Waals surface area contributed by atoms with Crippen molar-refractivity contribution in [2.24, 2.45) is 0 Å². The van der Waals surface area contributed by atoms with Gasteiger partial charge in [0.05, 0.1) is 29.7 Å². The Kier molecular flexibility index (Phi) is 6.71. The lowest BCUT2D eigenvalue weighted by Gasteiger charge is -2.13. The standard InChI is InChI=1S/C30H26N6/c1-35(2)18-4-6-29-34-28-21-33-27-14-11-23(7-8-24-5-3-17-32-20-24)19-26(27)30(28)36(29)25-12-9-22(10-13-25)15-16-31/h3,5,9-14,17,19-21H,4,6,15,18H2,1-2H3. The molecule has 0 radical (unpaired) electrons. The molecule has 0 saturated heterocycles. The van der Waals surface area contributed by atoms with E-state index in [1.165, 1.54) is 0 Å². The summed E-state index contributed by atoms with van der Waals surface area (Å²) < 4.78 is 2.24. The molecule has 5 aromatic rings. The maximum absolute atomic E-state index is 9.07. The molecule has 176 valence electrons. The van der Waals surface area contributed by atoms with Gasteiger partial charge in [0, 0.05) is 41.0 Å². The summed E-state index contributed by atoms with van der Waals surface area (Å²) >= 11 is 0. The second-order valence-electron chi connectivity index (χ2n) is 8.99. The second kappa shape index (κ2) is 10.4. The van der Waals surface area contributed by atoms with Crippen molar-refractivity contribution in [3.05, 3.63) is 95.7 Å². The molecule has 2 aromatic carbocycles. The van der Waals surface area contributed by atoms with E-state index in [-0.39, 0.29) is 0 Å². The lowest BCUT2D eigenvalue weighted by molar-refractivity contribution is 0.398. The predicted molar refractivity (Wildman–Crippen MR) is 143 cm³/mol. The molecule has 36 heavy (non-hydrogen) atoms. The highest BCUT2D eigenvalue weighted by molar-refractivity contribution is 6.03. The van der Waals surface area contributed by atoms with E-state index in [0.717, 1.165) is 69.5 Å². The number of imidazole rings is 1. The van der Waals surface area contributed by atoms with E-state index in [4.69, 9.17) is 10.2 Å². The molecule has 0 aliphatic rings. The fraction of sp³-hybridized carbons (Fsp3) is 0.200. The van der Waals surface area contributed by atoms with Crippen molar-refractivity contribution in [3.8, 4) is 23.6 Å². The predicted octanol–water partition coefficient (Wildman–Crippen LogP) is 4.93. The molecule has 0 amide bonds. The van der Waals surface area contributed by atoms with Gasteiger partial charge in [0.15, 0.2) is 0 Å². The summed E-state index contributed by atoms with van der Waals surface area (Å²) in [6.45, 7) is 0.984. The molecule has 0 aliphatic carbocycles. The highest BCUT2D eigenvalue weighted by Crippen LogP contribution is 2.29. The third-order valence-electron chi connectivity index (χ3n) is 6.05. The second-order valence-corrected chi connectivity index (χ2v) is 8.99. The number of fused-ring (bicyclic) bond motifs is 3. The Bertz CT molecular complexity index is 1610. The van der Waals surface area contributed by atoms with Crippen molar-refractivity contribution in [1.82, 2.24) is 24.4 Å². The molecule has 0 aliphatic heterocycles. The summed E-state index contributed by atoms with van der Waals surface area (Å²) in [4.78, 5) is 16.0. The molecule has 0 atom stereocenters. The molecule has 0 spiro atoms. The number of aromatic nitrogens is 4. The fourth-order valence-electron chi connectivity index (χ4n) is 4.32. The summed E-state index contributed by atoms with van der Waals surface area (Å²) in [6, 6.07) is 20.3. The van der Waals surface area contributed by atoms with Gasteiger partial charge in [-0.05, 0) is 75.1 Å². The van der Waals surface area contributed by atoms with Gasteiger partial charge in [0.2, 0.25) is 0 Å². The van der Waals surface area contributed by atoms with Gasteiger partial charge < -0.3 is 4.90 Å². The molecule has 0 unspecified atom stereocenters. The van der Waals surface area contributed by atoms with Crippen molar-refractivity contribution < 1.29 is 0 Å². The molecular formula is C30H26N6. The van der Waals surface area contributed by atoms with Gasteiger partial charge in [0.25, 0.3) is 0 Å². The average Bonchev–Trinajstić information content (AvgIpc) is 3.27. The number of aryl methyl sites for hydroxylation is 1. The molecule has 0 fully saturated rings. The molecule has 0 N–H and O–H groups in total. The van der Waals surface area contributed by atoms with Crippen molar-refractivity contribution in [1.29, 1.82) is 5.26 Å². The minimum Gasteiger partial charge on any atom is -0.309 e. The van der Waals surface area contributed by atoms with E-state index in [1.54, 1.807) is 12.4 Å². The minimum atomic E-state index is 0.395. The first-order valence-corrected chi connectivity index (χ1v) is 12.0. The zero-order valence-corrected chi connectivity index (χ0v) is 20.4. The first kappa shape index (κ1) is 23.2. The Hall–Kier alpha value is -4.52. The van der Waals surface area contributed by atoms with Crippen LogP contribution in [0, 0.1) is 23.2 Å². The number of pyridine rings is 2. The maximum Gasteiger partial charge on any atom is 0.114 e. The number of benzene rings is 2. The van der Waals surface area contributed by atoms with Crippen LogP contribution in [0.2, 0.25) is 0 Å². The third-order valence-corrected chi connectivity index (χ3v) is 6.05. The summed E-state index contributed by atoms with van der Waals surface area (Å²) in [5.41, 5.74) is 6.60. The lowest BCUT2D eigenvalue weighted by atomic mass is 10.1. The van der Waals surface area contributed by atoms with E-state index < -0.39 is 0 Å². The van der Waals surface area contributed by atoms with Gasteiger partial charge >= 0.3 is 0 Å². The van der Waals surface area contributed by atoms with Crippen LogP contribution in [0.15, 0.2) is 73.2 Å². The highest BCUT2D eigenvalue weighted by atomic mass is 15.1. The maximum atomic E-state index is 9.07. The average molecular weight is 471 g/mol. The normalized spacial score (nSPS) is 10.9. The fourth-order valence-corrected chi connectivity index (χ4v) is 4.32. The topological polar surface area (TPSA) is 70.6 Å². The van der Waals surface area contributed by atoms with Crippen LogP contribution in [0.5, 0.6) is 0 Å². The van der Waals surface area contributed by atoms with Gasteiger partial charge in [-0.2, -0.15) is 5.26 Å². The molecule has 3 heterocycles. The van der Waals surface area contributed by atoms with Crippen LogP contribution < -0.4 is 0 Å².